The largest absolute Gasteiger partial charge is 0.398 e. The molecule has 0 amide bonds. The molecule has 0 aliphatic rings. The second-order valence-electron chi connectivity index (χ2n) is 3.39. The zero-order valence-electron chi connectivity index (χ0n) is 9.86. The van der Waals surface area contributed by atoms with E-state index in [0.29, 0.717) is 5.71 Å². The van der Waals surface area contributed by atoms with Crippen LogP contribution in [0.1, 0.15) is 31.7 Å². The maximum absolute atomic E-state index is 4.80. The summed E-state index contributed by atoms with van der Waals surface area (Å²) < 4.78 is 0. The standard InChI is InChI=1S/C14H17NO/c1-3-4-5-9-12-14(15-16-2)13-10-7-6-8-11-13/h6-8,10-11H,3-5H2,1-2H3/b15-14+. The van der Waals surface area contributed by atoms with Gasteiger partial charge in [-0.2, -0.15) is 0 Å². The van der Waals surface area contributed by atoms with Crippen LogP contribution in [0.4, 0.5) is 0 Å². The summed E-state index contributed by atoms with van der Waals surface area (Å²) in [5.74, 6) is 6.16. The second-order valence-corrected chi connectivity index (χ2v) is 3.39. The summed E-state index contributed by atoms with van der Waals surface area (Å²) in [4.78, 5) is 4.80. The van der Waals surface area contributed by atoms with E-state index in [1.807, 2.05) is 30.3 Å². The minimum Gasteiger partial charge on any atom is -0.398 e. The van der Waals surface area contributed by atoms with E-state index in [9.17, 15) is 0 Å². The van der Waals surface area contributed by atoms with Gasteiger partial charge in [0.1, 0.15) is 7.11 Å². The molecule has 0 spiro atoms. The van der Waals surface area contributed by atoms with E-state index in [4.69, 9.17) is 4.84 Å². The summed E-state index contributed by atoms with van der Waals surface area (Å²) in [6, 6.07) is 9.86. The first kappa shape index (κ1) is 12.3. The molecule has 0 heterocycles. The van der Waals surface area contributed by atoms with Crippen LogP contribution in [-0.4, -0.2) is 12.8 Å². The van der Waals surface area contributed by atoms with Gasteiger partial charge in [0.15, 0.2) is 5.71 Å². The number of hydrogen-bond donors (Lipinski definition) is 0. The van der Waals surface area contributed by atoms with Crippen molar-refractivity contribution in [2.24, 2.45) is 5.16 Å². The van der Waals surface area contributed by atoms with E-state index in [0.717, 1.165) is 24.8 Å². The van der Waals surface area contributed by atoms with Crippen molar-refractivity contribution in [3.63, 3.8) is 0 Å². The van der Waals surface area contributed by atoms with Crippen LogP contribution in [0.15, 0.2) is 35.5 Å². The molecule has 0 saturated carbocycles. The smallest absolute Gasteiger partial charge is 0.159 e. The lowest BCUT2D eigenvalue weighted by Crippen LogP contribution is -1.97. The first-order valence-corrected chi connectivity index (χ1v) is 5.54. The maximum atomic E-state index is 4.80. The summed E-state index contributed by atoms with van der Waals surface area (Å²) in [6.45, 7) is 2.16. The molecule has 2 nitrogen and oxygen atoms in total. The van der Waals surface area contributed by atoms with Crippen LogP contribution in [0.3, 0.4) is 0 Å². The van der Waals surface area contributed by atoms with Gasteiger partial charge in [0.2, 0.25) is 0 Å². The Hall–Kier alpha value is -1.75. The molecular weight excluding hydrogens is 198 g/mol. The van der Waals surface area contributed by atoms with Crippen LogP contribution in [-0.2, 0) is 4.84 Å². The predicted molar refractivity (Wildman–Crippen MR) is 67.3 cm³/mol. The minimum atomic E-state index is 0.694. The molecule has 0 aliphatic heterocycles. The third kappa shape index (κ3) is 4.18. The Bertz CT molecular complexity index is 384. The Morgan fingerprint density at radius 1 is 1.31 bits per heavy atom. The first-order chi connectivity index (χ1) is 7.88. The highest BCUT2D eigenvalue weighted by atomic mass is 16.6. The van der Waals surface area contributed by atoms with E-state index in [2.05, 4.69) is 23.9 Å². The molecule has 0 saturated heterocycles. The number of nitrogens with zero attached hydrogens (tertiary/aromatic N) is 1. The summed E-state index contributed by atoms with van der Waals surface area (Å²) in [7, 11) is 1.54. The van der Waals surface area contributed by atoms with E-state index < -0.39 is 0 Å². The van der Waals surface area contributed by atoms with Crippen molar-refractivity contribution < 1.29 is 4.84 Å². The molecular formula is C14H17NO. The van der Waals surface area contributed by atoms with Crippen molar-refractivity contribution in [1.29, 1.82) is 0 Å². The molecule has 1 aromatic carbocycles. The lowest BCUT2D eigenvalue weighted by Gasteiger charge is -1.97. The van der Waals surface area contributed by atoms with Gasteiger partial charge in [-0.3, -0.25) is 0 Å². The fourth-order valence-corrected chi connectivity index (χ4v) is 1.25. The average Bonchev–Trinajstić information content (AvgIpc) is 2.34. The van der Waals surface area contributed by atoms with Gasteiger partial charge in [-0.05, 0) is 12.3 Å². The predicted octanol–water partition coefficient (Wildman–Crippen LogP) is 3.23. The number of benzene rings is 1. The number of unbranched alkanes of at least 4 members (excludes halogenated alkanes) is 2. The zero-order valence-corrected chi connectivity index (χ0v) is 9.86. The van der Waals surface area contributed by atoms with Crippen molar-refractivity contribution in [3.05, 3.63) is 35.9 Å². The molecule has 0 aliphatic carbocycles. The molecule has 1 aromatic rings. The van der Waals surface area contributed by atoms with Crippen LogP contribution >= 0.6 is 0 Å². The number of rotatable bonds is 4. The molecule has 0 bridgehead atoms. The van der Waals surface area contributed by atoms with Crippen LogP contribution < -0.4 is 0 Å². The van der Waals surface area contributed by atoms with Crippen LogP contribution in [0.25, 0.3) is 0 Å². The van der Waals surface area contributed by atoms with E-state index in [1.54, 1.807) is 0 Å². The first-order valence-electron chi connectivity index (χ1n) is 5.54. The lowest BCUT2D eigenvalue weighted by atomic mass is 10.1. The highest BCUT2D eigenvalue weighted by molar-refractivity contribution is 6.12. The third-order valence-electron chi connectivity index (χ3n) is 2.09. The van der Waals surface area contributed by atoms with Crippen LogP contribution in [0, 0.1) is 11.8 Å². The Balaban J connectivity index is 2.76. The van der Waals surface area contributed by atoms with Crippen molar-refractivity contribution in [2.45, 2.75) is 26.2 Å². The monoisotopic (exact) mass is 215 g/mol. The highest BCUT2D eigenvalue weighted by Crippen LogP contribution is 2.01. The Kier molecular flexibility index (Phi) is 5.80. The van der Waals surface area contributed by atoms with Gasteiger partial charge in [0.05, 0.1) is 0 Å². The average molecular weight is 215 g/mol. The molecule has 0 aromatic heterocycles. The topological polar surface area (TPSA) is 21.6 Å². The summed E-state index contributed by atoms with van der Waals surface area (Å²) >= 11 is 0. The molecule has 16 heavy (non-hydrogen) atoms. The summed E-state index contributed by atoms with van der Waals surface area (Å²) in [6.07, 6.45) is 3.20. The zero-order chi connectivity index (χ0) is 11.6. The molecule has 1 rings (SSSR count). The Labute approximate surface area is 97.3 Å². The van der Waals surface area contributed by atoms with Gasteiger partial charge < -0.3 is 4.84 Å². The van der Waals surface area contributed by atoms with Crippen LogP contribution in [0.5, 0.6) is 0 Å². The molecule has 2 heteroatoms. The third-order valence-corrected chi connectivity index (χ3v) is 2.09. The summed E-state index contributed by atoms with van der Waals surface area (Å²) in [5, 5.41) is 3.94. The quantitative estimate of drug-likeness (QED) is 0.327. The van der Waals surface area contributed by atoms with Gasteiger partial charge in [-0.15, -0.1) is 0 Å². The SMILES string of the molecule is CCCCC#C/C(=N\OC)c1ccccc1. The van der Waals surface area contributed by atoms with Crippen molar-refractivity contribution in [1.82, 2.24) is 0 Å². The van der Waals surface area contributed by atoms with Crippen molar-refractivity contribution in [2.75, 3.05) is 7.11 Å². The molecule has 0 radical (unpaired) electrons. The highest BCUT2D eigenvalue weighted by Gasteiger charge is 1.98. The normalized spacial score (nSPS) is 10.5. The summed E-state index contributed by atoms with van der Waals surface area (Å²) in [5.41, 5.74) is 1.69. The second kappa shape index (κ2) is 7.53. The van der Waals surface area contributed by atoms with Gasteiger partial charge >= 0.3 is 0 Å². The Morgan fingerprint density at radius 3 is 2.69 bits per heavy atom. The van der Waals surface area contributed by atoms with Crippen molar-refractivity contribution in [3.8, 4) is 11.8 Å². The van der Waals surface area contributed by atoms with Crippen LogP contribution in [0.2, 0.25) is 0 Å². The Morgan fingerprint density at radius 2 is 2.06 bits per heavy atom. The van der Waals surface area contributed by atoms with Crippen molar-refractivity contribution >= 4 is 5.71 Å². The van der Waals surface area contributed by atoms with E-state index in [-0.39, 0.29) is 0 Å². The number of hydrogen-bond acceptors (Lipinski definition) is 2. The van der Waals surface area contributed by atoms with E-state index >= 15 is 0 Å². The molecule has 0 fully saturated rings. The molecule has 0 atom stereocenters. The maximum Gasteiger partial charge on any atom is 0.159 e. The van der Waals surface area contributed by atoms with Gasteiger partial charge in [0.25, 0.3) is 0 Å². The molecule has 0 unspecified atom stereocenters. The lowest BCUT2D eigenvalue weighted by molar-refractivity contribution is 0.214. The van der Waals surface area contributed by atoms with Gasteiger partial charge in [-0.1, -0.05) is 54.8 Å². The molecule has 84 valence electrons. The van der Waals surface area contributed by atoms with Gasteiger partial charge in [-0.25, -0.2) is 0 Å². The molecule has 0 N–H and O–H groups in total. The minimum absolute atomic E-state index is 0.694. The fraction of sp³-hybridized carbons (Fsp3) is 0.357. The fourth-order valence-electron chi connectivity index (χ4n) is 1.25. The number of oxime groups is 1. The van der Waals surface area contributed by atoms with Gasteiger partial charge in [0, 0.05) is 12.0 Å². The van der Waals surface area contributed by atoms with E-state index in [1.165, 1.54) is 7.11 Å².